The predicted molar refractivity (Wildman–Crippen MR) is 102 cm³/mol. The molecule has 1 N–H and O–H groups in total. The minimum atomic E-state index is -0.0344. The van der Waals surface area contributed by atoms with E-state index >= 15 is 0 Å². The molecule has 0 aliphatic heterocycles. The van der Waals surface area contributed by atoms with Gasteiger partial charge in [-0.1, -0.05) is 24.3 Å². The van der Waals surface area contributed by atoms with Crippen LogP contribution in [-0.2, 0) is 24.4 Å². The van der Waals surface area contributed by atoms with Gasteiger partial charge in [0.2, 0.25) is 5.91 Å². The summed E-state index contributed by atoms with van der Waals surface area (Å²) in [5.41, 5.74) is 1.06. The third-order valence-electron chi connectivity index (χ3n) is 3.95. The molecule has 3 rings (SSSR count). The maximum absolute atomic E-state index is 12.4. The van der Waals surface area contributed by atoms with Gasteiger partial charge in [-0.2, -0.15) is 0 Å². The van der Waals surface area contributed by atoms with Crippen molar-refractivity contribution in [2.75, 3.05) is 13.7 Å². The van der Waals surface area contributed by atoms with Crippen LogP contribution in [0.2, 0.25) is 0 Å². The van der Waals surface area contributed by atoms with E-state index in [4.69, 9.17) is 9.15 Å². The van der Waals surface area contributed by atoms with Gasteiger partial charge in [0, 0.05) is 23.5 Å². The van der Waals surface area contributed by atoms with Gasteiger partial charge in [-0.15, -0.1) is 11.3 Å². The zero-order chi connectivity index (χ0) is 18.2. The number of hydrogen-bond acceptors (Lipinski definition) is 5. The van der Waals surface area contributed by atoms with E-state index in [2.05, 4.69) is 16.3 Å². The Bertz CT molecular complexity index is 800. The number of nitrogens with one attached hydrogen (secondary N) is 1. The number of thiophene rings is 1. The number of benzene rings is 1. The molecule has 26 heavy (non-hydrogen) atoms. The number of furan rings is 1. The fourth-order valence-corrected chi connectivity index (χ4v) is 3.47. The van der Waals surface area contributed by atoms with Crippen LogP contribution in [0.3, 0.4) is 0 Å². The molecule has 0 saturated carbocycles. The van der Waals surface area contributed by atoms with Crippen LogP contribution in [0, 0.1) is 0 Å². The molecule has 2 heterocycles. The predicted octanol–water partition coefficient (Wildman–Crippen LogP) is 3.67. The molecule has 0 saturated heterocycles. The van der Waals surface area contributed by atoms with Gasteiger partial charge in [-0.05, 0) is 29.6 Å². The van der Waals surface area contributed by atoms with Crippen LogP contribution >= 0.6 is 11.3 Å². The second kappa shape index (κ2) is 9.22. The largest absolute Gasteiger partial charge is 0.496 e. The maximum Gasteiger partial charge on any atom is 0.234 e. The van der Waals surface area contributed by atoms with Gasteiger partial charge in [-0.25, -0.2) is 0 Å². The fraction of sp³-hybridized carbons (Fsp3) is 0.250. The van der Waals surface area contributed by atoms with Crippen LogP contribution in [0.15, 0.2) is 64.6 Å². The summed E-state index contributed by atoms with van der Waals surface area (Å²) in [7, 11) is 1.67. The molecule has 0 bridgehead atoms. The van der Waals surface area contributed by atoms with Crippen molar-refractivity contribution >= 4 is 17.2 Å². The number of para-hydroxylation sites is 1. The molecule has 6 heteroatoms. The molecule has 1 aromatic carbocycles. The number of nitrogens with zero attached hydrogens (tertiary/aromatic N) is 1. The Kier molecular flexibility index (Phi) is 6.46. The van der Waals surface area contributed by atoms with Crippen LogP contribution in [0.5, 0.6) is 5.75 Å². The first-order valence-corrected chi connectivity index (χ1v) is 9.28. The first-order valence-electron chi connectivity index (χ1n) is 8.40. The summed E-state index contributed by atoms with van der Waals surface area (Å²) in [6.45, 7) is 2.05. The molecule has 0 unspecified atom stereocenters. The molecular formula is C20H22N2O3S. The summed E-state index contributed by atoms with van der Waals surface area (Å²) in [5.74, 6) is 1.54. The van der Waals surface area contributed by atoms with E-state index in [0.717, 1.165) is 17.1 Å². The lowest BCUT2D eigenvalue weighted by Gasteiger charge is -2.22. The van der Waals surface area contributed by atoms with Crippen LogP contribution in [-0.4, -0.2) is 24.5 Å². The van der Waals surface area contributed by atoms with Crippen molar-refractivity contribution in [3.05, 3.63) is 76.4 Å². The highest BCUT2D eigenvalue weighted by atomic mass is 32.1. The van der Waals surface area contributed by atoms with Crippen molar-refractivity contribution in [2.45, 2.75) is 19.6 Å². The Morgan fingerprint density at radius 1 is 1.15 bits per heavy atom. The fourth-order valence-electron chi connectivity index (χ4n) is 2.72. The Morgan fingerprint density at radius 3 is 2.77 bits per heavy atom. The number of carbonyl (C=O) groups excluding carboxylic acids is 1. The Morgan fingerprint density at radius 2 is 2.04 bits per heavy atom. The summed E-state index contributed by atoms with van der Waals surface area (Å²) in [6.07, 6.45) is 1.60. The van der Waals surface area contributed by atoms with E-state index in [1.807, 2.05) is 47.8 Å². The van der Waals surface area contributed by atoms with Gasteiger partial charge in [0.15, 0.2) is 0 Å². The Balaban J connectivity index is 1.65. The van der Waals surface area contributed by atoms with Gasteiger partial charge >= 0.3 is 0 Å². The number of carbonyl (C=O) groups is 1. The van der Waals surface area contributed by atoms with E-state index in [1.54, 1.807) is 24.7 Å². The zero-order valence-electron chi connectivity index (χ0n) is 14.7. The van der Waals surface area contributed by atoms with E-state index < -0.39 is 0 Å². The van der Waals surface area contributed by atoms with Crippen molar-refractivity contribution in [1.82, 2.24) is 10.2 Å². The second-order valence-electron chi connectivity index (χ2n) is 5.89. The lowest BCUT2D eigenvalue weighted by atomic mass is 10.2. The first-order chi connectivity index (χ1) is 12.7. The van der Waals surface area contributed by atoms with E-state index in [9.17, 15) is 4.79 Å². The summed E-state index contributed by atoms with van der Waals surface area (Å²) in [4.78, 5) is 15.7. The molecule has 0 spiro atoms. The van der Waals surface area contributed by atoms with Crippen molar-refractivity contribution in [1.29, 1.82) is 0 Å². The average Bonchev–Trinajstić information content (AvgIpc) is 3.34. The SMILES string of the molecule is COc1ccccc1CN(CC(=O)NCc1ccco1)Cc1cccs1. The first kappa shape index (κ1) is 18.2. The standard InChI is InChI=1S/C20H22N2O3S/c1-24-19-9-3-2-6-16(19)13-22(14-18-8-5-11-26-18)15-20(23)21-12-17-7-4-10-25-17/h2-11H,12-15H2,1H3,(H,21,23). The summed E-state index contributed by atoms with van der Waals surface area (Å²) in [6, 6.07) is 15.7. The van der Waals surface area contributed by atoms with E-state index in [1.165, 1.54) is 4.88 Å². The Hall–Kier alpha value is -2.57. The molecule has 0 atom stereocenters. The third-order valence-corrected chi connectivity index (χ3v) is 4.81. The molecule has 0 fully saturated rings. The molecule has 1 amide bonds. The summed E-state index contributed by atoms with van der Waals surface area (Å²) >= 11 is 1.69. The van der Waals surface area contributed by atoms with Crippen LogP contribution in [0.4, 0.5) is 0 Å². The molecule has 5 nitrogen and oxygen atoms in total. The lowest BCUT2D eigenvalue weighted by molar-refractivity contribution is -0.122. The highest BCUT2D eigenvalue weighted by Gasteiger charge is 2.15. The molecule has 3 aromatic rings. The highest BCUT2D eigenvalue weighted by Crippen LogP contribution is 2.21. The molecule has 0 aliphatic carbocycles. The quantitative estimate of drug-likeness (QED) is 0.624. The van der Waals surface area contributed by atoms with E-state index in [-0.39, 0.29) is 5.91 Å². The van der Waals surface area contributed by atoms with Gasteiger partial charge in [0.05, 0.1) is 26.5 Å². The molecule has 136 valence electrons. The second-order valence-corrected chi connectivity index (χ2v) is 6.92. The molecule has 2 aromatic heterocycles. The van der Waals surface area contributed by atoms with Crippen LogP contribution < -0.4 is 10.1 Å². The number of hydrogen-bond donors (Lipinski definition) is 1. The third kappa shape index (κ3) is 5.21. The van der Waals surface area contributed by atoms with Crippen LogP contribution in [0.1, 0.15) is 16.2 Å². The molecule has 0 aliphatic rings. The van der Waals surface area contributed by atoms with Crippen molar-refractivity contribution in [2.24, 2.45) is 0 Å². The number of ether oxygens (including phenoxy) is 1. The van der Waals surface area contributed by atoms with E-state index in [0.29, 0.717) is 26.2 Å². The van der Waals surface area contributed by atoms with Crippen molar-refractivity contribution in [3.8, 4) is 5.75 Å². The van der Waals surface area contributed by atoms with Gasteiger partial charge in [0.1, 0.15) is 11.5 Å². The number of amides is 1. The monoisotopic (exact) mass is 370 g/mol. The molecular weight excluding hydrogens is 348 g/mol. The average molecular weight is 370 g/mol. The van der Waals surface area contributed by atoms with Crippen LogP contribution in [0.25, 0.3) is 0 Å². The maximum atomic E-state index is 12.4. The number of rotatable bonds is 9. The lowest BCUT2D eigenvalue weighted by Crippen LogP contribution is -2.36. The normalized spacial score (nSPS) is 10.8. The smallest absolute Gasteiger partial charge is 0.234 e. The minimum absolute atomic E-state index is 0.0344. The zero-order valence-corrected chi connectivity index (χ0v) is 15.5. The highest BCUT2D eigenvalue weighted by molar-refractivity contribution is 7.09. The Labute approximate surface area is 157 Å². The van der Waals surface area contributed by atoms with Gasteiger partial charge < -0.3 is 14.5 Å². The van der Waals surface area contributed by atoms with Gasteiger partial charge in [0.25, 0.3) is 0 Å². The van der Waals surface area contributed by atoms with Gasteiger partial charge in [-0.3, -0.25) is 9.69 Å². The topological polar surface area (TPSA) is 54.7 Å². The summed E-state index contributed by atoms with van der Waals surface area (Å²) in [5, 5.41) is 4.96. The molecule has 0 radical (unpaired) electrons. The number of methoxy groups -OCH3 is 1. The van der Waals surface area contributed by atoms with Crippen molar-refractivity contribution in [3.63, 3.8) is 0 Å². The van der Waals surface area contributed by atoms with Crippen molar-refractivity contribution < 1.29 is 13.9 Å². The minimum Gasteiger partial charge on any atom is -0.496 e. The summed E-state index contributed by atoms with van der Waals surface area (Å²) < 4.78 is 10.7.